The number of nitrogens with zero attached hydrogens (tertiary/aromatic N) is 5. The van der Waals surface area contributed by atoms with Gasteiger partial charge in [0.1, 0.15) is 11.5 Å². The third-order valence-electron chi connectivity index (χ3n) is 6.33. The maximum absolute atomic E-state index is 5.06. The Kier molecular flexibility index (Phi) is 3.38. The third kappa shape index (κ3) is 2.49. The molecule has 5 heteroatoms. The van der Waals surface area contributed by atoms with Crippen LogP contribution in [0.2, 0.25) is 0 Å². The summed E-state index contributed by atoms with van der Waals surface area (Å²) in [6, 6.07) is 11.6. The lowest BCUT2D eigenvalue weighted by Crippen LogP contribution is -2.40. The average Bonchev–Trinajstić information content (AvgIpc) is 3.25. The van der Waals surface area contributed by atoms with E-state index in [2.05, 4.69) is 55.4 Å². The minimum absolute atomic E-state index is 0.680. The predicted molar refractivity (Wildman–Crippen MR) is 107 cm³/mol. The van der Waals surface area contributed by atoms with Crippen LogP contribution < -0.4 is 0 Å². The van der Waals surface area contributed by atoms with Gasteiger partial charge in [-0.15, -0.1) is 0 Å². The summed E-state index contributed by atoms with van der Waals surface area (Å²) in [6.45, 7) is 3.47. The van der Waals surface area contributed by atoms with Crippen LogP contribution >= 0.6 is 0 Å². The van der Waals surface area contributed by atoms with Crippen LogP contribution in [-0.4, -0.2) is 43.0 Å². The molecule has 1 atom stereocenters. The van der Waals surface area contributed by atoms with Crippen LogP contribution in [0.15, 0.2) is 48.9 Å². The van der Waals surface area contributed by atoms with Gasteiger partial charge >= 0.3 is 0 Å². The van der Waals surface area contributed by atoms with E-state index in [1.807, 2.05) is 12.4 Å². The van der Waals surface area contributed by atoms with Gasteiger partial charge in [0.25, 0.3) is 0 Å². The highest BCUT2D eigenvalue weighted by atomic mass is 15.2. The number of piperidine rings is 1. The number of hydrogen-bond donors (Lipinski definition) is 0. The average molecular weight is 357 g/mol. The molecule has 3 aromatic heterocycles. The van der Waals surface area contributed by atoms with E-state index in [1.165, 1.54) is 48.3 Å². The van der Waals surface area contributed by atoms with E-state index in [0.29, 0.717) is 6.04 Å². The molecule has 6 rings (SSSR count). The summed E-state index contributed by atoms with van der Waals surface area (Å²) in [6.07, 6.45) is 11.1. The van der Waals surface area contributed by atoms with Crippen molar-refractivity contribution in [2.75, 3.05) is 13.1 Å². The first-order valence-electron chi connectivity index (χ1n) is 10.0. The van der Waals surface area contributed by atoms with Crippen LogP contribution in [0.1, 0.15) is 25.1 Å². The highest BCUT2D eigenvalue weighted by Gasteiger charge is 2.27. The number of rotatable bonds is 1. The lowest BCUT2D eigenvalue weighted by atomic mass is 10.00. The lowest BCUT2D eigenvalue weighted by molar-refractivity contribution is 0.152. The normalized spacial score (nSPS) is 20.5. The van der Waals surface area contributed by atoms with Crippen LogP contribution in [-0.2, 0) is 13.0 Å². The fourth-order valence-electron chi connectivity index (χ4n) is 4.88. The molecule has 0 bridgehead atoms. The Labute approximate surface area is 158 Å². The zero-order chi connectivity index (χ0) is 17.8. The molecule has 5 nitrogen and oxygen atoms in total. The van der Waals surface area contributed by atoms with Gasteiger partial charge in [0, 0.05) is 44.1 Å². The standard InChI is InChI=1S/C22H23N5/c1-2-9-25-11-12-27-20-6-4-16(13-19(20)24-22(27)14-18(25)3-1)17-5-7-21-23-8-10-26(21)15-17/h4-8,10,13,15,18H,1-3,9,11-12,14H2/t18-/m1/s1. The van der Waals surface area contributed by atoms with Gasteiger partial charge in [-0.3, -0.25) is 4.90 Å². The van der Waals surface area contributed by atoms with Gasteiger partial charge in [-0.1, -0.05) is 12.5 Å². The molecule has 2 aliphatic rings. The zero-order valence-corrected chi connectivity index (χ0v) is 15.4. The monoisotopic (exact) mass is 357 g/mol. The molecule has 0 amide bonds. The highest BCUT2D eigenvalue weighted by molar-refractivity contribution is 5.82. The SMILES string of the molecule is c1cn2cc(-c3ccc4c(c3)nc3n4CCN4CCCC[C@@H]4C3)ccc2n1. The van der Waals surface area contributed by atoms with Gasteiger partial charge in [-0.05, 0) is 54.8 Å². The molecular weight excluding hydrogens is 334 g/mol. The van der Waals surface area contributed by atoms with Gasteiger partial charge in [-0.25, -0.2) is 9.97 Å². The van der Waals surface area contributed by atoms with Crippen molar-refractivity contribution in [3.8, 4) is 11.1 Å². The van der Waals surface area contributed by atoms with Gasteiger partial charge in [0.05, 0.1) is 11.0 Å². The molecular formula is C22H23N5. The summed E-state index contributed by atoms with van der Waals surface area (Å²) in [5.74, 6) is 1.27. The smallest absolute Gasteiger partial charge is 0.136 e. The topological polar surface area (TPSA) is 38.4 Å². The van der Waals surface area contributed by atoms with Gasteiger partial charge in [0.15, 0.2) is 0 Å². The van der Waals surface area contributed by atoms with Crippen molar-refractivity contribution in [2.24, 2.45) is 0 Å². The molecule has 0 unspecified atom stereocenters. The molecule has 0 aliphatic carbocycles. The second kappa shape index (κ2) is 5.92. The molecule has 136 valence electrons. The first-order valence-corrected chi connectivity index (χ1v) is 10.0. The Hall–Kier alpha value is -2.66. The fraction of sp³-hybridized carbons (Fsp3) is 0.364. The summed E-state index contributed by atoms with van der Waals surface area (Å²) >= 11 is 0. The Balaban J connectivity index is 1.41. The second-order valence-electron chi connectivity index (χ2n) is 7.88. The minimum Gasteiger partial charge on any atom is -0.327 e. The molecule has 0 radical (unpaired) electrons. The van der Waals surface area contributed by atoms with Crippen molar-refractivity contribution < 1.29 is 0 Å². The van der Waals surface area contributed by atoms with Crippen molar-refractivity contribution in [3.05, 3.63) is 54.7 Å². The number of pyridine rings is 1. The maximum atomic E-state index is 5.06. The van der Waals surface area contributed by atoms with E-state index in [4.69, 9.17) is 4.98 Å². The molecule has 4 aromatic rings. The Morgan fingerprint density at radius 1 is 0.963 bits per heavy atom. The van der Waals surface area contributed by atoms with Gasteiger partial charge in [0.2, 0.25) is 0 Å². The fourth-order valence-corrected chi connectivity index (χ4v) is 4.88. The summed E-state index contributed by atoms with van der Waals surface area (Å²) in [7, 11) is 0. The van der Waals surface area contributed by atoms with Gasteiger partial charge in [-0.2, -0.15) is 0 Å². The van der Waals surface area contributed by atoms with Crippen molar-refractivity contribution in [1.29, 1.82) is 0 Å². The molecule has 1 fully saturated rings. The van der Waals surface area contributed by atoms with Crippen molar-refractivity contribution >= 4 is 16.7 Å². The molecule has 0 saturated carbocycles. The summed E-state index contributed by atoms with van der Waals surface area (Å²) in [5, 5.41) is 0. The first kappa shape index (κ1) is 15.4. The van der Waals surface area contributed by atoms with Crippen molar-refractivity contribution in [1.82, 2.24) is 23.8 Å². The molecule has 1 aromatic carbocycles. The molecule has 0 N–H and O–H groups in total. The van der Waals surface area contributed by atoms with E-state index in [-0.39, 0.29) is 0 Å². The number of imidazole rings is 2. The van der Waals surface area contributed by atoms with Crippen LogP contribution in [0.3, 0.4) is 0 Å². The maximum Gasteiger partial charge on any atom is 0.136 e. The number of hydrogen-bond acceptors (Lipinski definition) is 3. The number of fused-ring (bicyclic) bond motifs is 5. The Bertz CT molecular complexity index is 1140. The molecule has 2 aliphatic heterocycles. The Morgan fingerprint density at radius 3 is 2.93 bits per heavy atom. The van der Waals surface area contributed by atoms with E-state index in [1.54, 1.807) is 0 Å². The van der Waals surface area contributed by atoms with Crippen LogP contribution in [0.4, 0.5) is 0 Å². The number of benzene rings is 1. The summed E-state index contributed by atoms with van der Waals surface area (Å²) in [5.41, 5.74) is 5.79. The molecule has 5 heterocycles. The molecule has 27 heavy (non-hydrogen) atoms. The quantitative estimate of drug-likeness (QED) is 0.521. The Morgan fingerprint density at radius 2 is 1.93 bits per heavy atom. The number of aromatic nitrogens is 4. The second-order valence-corrected chi connectivity index (χ2v) is 7.88. The zero-order valence-electron chi connectivity index (χ0n) is 15.4. The van der Waals surface area contributed by atoms with E-state index in [9.17, 15) is 0 Å². The molecule has 1 saturated heterocycles. The molecule has 0 spiro atoms. The highest BCUT2D eigenvalue weighted by Crippen LogP contribution is 2.29. The van der Waals surface area contributed by atoms with Gasteiger partial charge < -0.3 is 8.97 Å². The van der Waals surface area contributed by atoms with E-state index in [0.717, 1.165) is 30.7 Å². The van der Waals surface area contributed by atoms with Crippen molar-refractivity contribution in [3.63, 3.8) is 0 Å². The van der Waals surface area contributed by atoms with E-state index >= 15 is 0 Å². The van der Waals surface area contributed by atoms with Crippen LogP contribution in [0.25, 0.3) is 27.8 Å². The lowest BCUT2D eigenvalue weighted by Gasteiger charge is -2.33. The van der Waals surface area contributed by atoms with Crippen LogP contribution in [0, 0.1) is 0 Å². The minimum atomic E-state index is 0.680. The predicted octanol–water partition coefficient (Wildman–Crippen LogP) is 3.76. The summed E-state index contributed by atoms with van der Waals surface area (Å²) in [4.78, 5) is 12.1. The third-order valence-corrected chi connectivity index (χ3v) is 6.33. The van der Waals surface area contributed by atoms with E-state index < -0.39 is 0 Å². The van der Waals surface area contributed by atoms with Crippen LogP contribution in [0.5, 0.6) is 0 Å². The first-order chi connectivity index (χ1) is 13.3. The largest absolute Gasteiger partial charge is 0.327 e. The van der Waals surface area contributed by atoms with Crippen molar-refractivity contribution in [2.45, 2.75) is 38.3 Å². The summed E-state index contributed by atoms with van der Waals surface area (Å²) < 4.78 is 4.52.